The average Bonchev–Trinajstić information content (AvgIpc) is 2.68. The minimum atomic E-state index is -0.756. The maximum absolute atomic E-state index is 12.1. The molecule has 0 aliphatic rings. The molecular formula is C19H16N4O4. The minimum absolute atomic E-state index is 0.0104. The number of nitrogens with zero attached hydrogens (tertiary/aromatic N) is 3. The Kier molecular flexibility index (Phi) is 5.36. The van der Waals surface area contributed by atoms with Gasteiger partial charge in [-0.3, -0.25) is 19.9 Å². The van der Waals surface area contributed by atoms with Crippen LogP contribution >= 0.6 is 0 Å². The molecule has 0 saturated heterocycles. The van der Waals surface area contributed by atoms with Gasteiger partial charge in [0.1, 0.15) is 5.75 Å². The van der Waals surface area contributed by atoms with Crippen LogP contribution in [-0.2, 0) is 4.79 Å². The zero-order valence-electron chi connectivity index (χ0n) is 14.4. The number of rotatable bonds is 6. The molecule has 0 saturated carbocycles. The third-order valence-electron chi connectivity index (χ3n) is 3.75. The molecule has 0 aliphatic carbocycles. The first kappa shape index (κ1) is 18.0. The van der Waals surface area contributed by atoms with E-state index in [0.29, 0.717) is 11.3 Å². The van der Waals surface area contributed by atoms with Gasteiger partial charge in [-0.25, -0.2) is 5.43 Å². The van der Waals surface area contributed by atoms with Crippen LogP contribution in [0.1, 0.15) is 12.5 Å². The number of nitro benzene ring substituents is 1. The largest absolute Gasteiger partial charge is 0.481 e. The van der Waals surface area contributed by atoms with Crippen molar-refractivity contribution in [2.45, 2.75) is 13.0 Å². The number of ether oxygens (including phenoxy) is 1. The number of non-ortho nitro benzene ring substituents is 1. The molecule has 1 atom stereocenters. The molecule has 0 radical (unpaired) electrons. The van der Waals surface area contributed by atoms with Crippen molar-refractivity contribution in [1.82, 2.24) is 10.4 Å². The summed E-state index contributed by atoms with van der Waals surface area (Å²) < 4.78 is 5.64. The van der Waals surface area contributed by atoms with Gasteiger partial charge in [0.25, 0.3) is 11.6 Å². The molecule has 1 heterocycles. The number of hydrazone groups is 1. The number of pyridine rings is 1. The van der Waals surface area contributed by atoms with Gasteiger partial charge in [0.05, 0.1) is 16.7 Å². The minimum Gasteiger partial charge on any atom is -0.481 e. The van der Waals surface area contributed by atoms with Crippen LogP contribution in [-0.4, -0.2) is 28.1 Å². The van der Waals surface area contributed by atoms with Crippen molar-refractivity contribution < 1.29 is 14.5 Å². The van der Waals surface area contributed by atoms with Crippen LogP contribution in [0.5, 0.6) is 5.75 Å². The molecule has 0 spiro atoms. The van der Waals surface area contributed by atoms with Crippen LogP contribution in [0.15, 0.2) is 65.9 Å². The van der Waals surface area contributed by atoms with Crippen molar-refractivity contribution in [3.63, 3.8) is 0 Å². The molecule has 1 aromatic heterocycles. The Morgan fingerprint density at radius 1 is 1.26 bits per heavy atom. The highest BCUT2D eigenvalue weighted by Gasteiger charge is 2.14. The lowest BCUT2D eigenvalue weighted by atomic mass is 10.2. The van der Waals surface area contributed by atoms with Crippen LogP contribution < -0.4 is 10.2 Å². The van der Waals surface area contributed by atoms with Gasteiger partial charge in [-0.05, 0) is 48.9 Å². The van der Waals surface area contributed by atoms with Gasteiger partial charge in [-0.15, -0.1) is 0 Å². The SMILES string of the molecule is CC(Oc1ccc2ncccc2c1)C(=O)N/N=C/c1ccc([N+](=O)[O-])cc1. The number of hydrogen-bond donors (Lipinski definition) is 1. The molecule has 1 N–H and O–H groups in total. The van der Waals surface area contributed by atoms with E-state index in [2.05, 4.69) is 15.5 Å². The molecule has 8 nitrogen and oxygen atoms in total. The maximum Gasteiger partial charge on any atom is 0.280 e. The van der Waals surface area contributed by atoms with E-state index in [-0.39, 0.29) is 5.69 Å². The van der Waals surface area contributed by atoms with Gasteiger partial charge < -0.3 is 4.74 Å². The van der Waals surface area contributed by atoms with E-state index < -0.39 is 16.9 Å². The fraction of sp³-hybridized carbons (Fsp3) is 0.105. The summed E-state index contributed by atoms with van der Waals surface area (Å²) in [6.07, 6.45) is 2.35. The number of benzene rings is 2. The summed E-state index contributed by atoms with van der Waals surface area (Å²) in [5.41, 5.74) is 3.84. The van der Waals surface area contributed by atoms with Gasteiger partial charge in [0, 0.05) is 23.7 Å². The number of nitrogens with one attached hydrogen (secondary N) is 1. The Balaban J connectivity index is 1.57. The van der Waals surface area contributed by atoms with Gasteiger partial charge in [-0.2, -0.15) is 5.10 Å². The Labute approximate surface area is 154 Å². The van der Waals surface area contributed by atoms with Crippen LogP contribution in [0, 0.1) is 10.1 Å². The highest BCUT2D eigenvalue weighted by atomic mass is 16.6. The quantitative estimate of drug-likeness (QED) is 0.411. The summed E-state index contributed by atoms with van der Waals surface area (Å²) in [7, 11) is 0. The number of carbonyl (C=O) groups is 1. The molecule has 0 fully saturated rings. The molecule has 8 heteroatoms. The molecular weight excluding hydrogens is 348 g/mol. The number of fused-ring (bicyclic) bond motifs is 1. The van der Waals surface area contributed by atoms with E-state index in [9.17, 15) is 14.9 Å². The molecule has 1 amide bonds. The van der Waals surface area contributed by atoms with E-state index in [1.807, 2.05) is 24.3 Å². The fourth-order valence-corrected chi connectivity index (χ4v) is 2.33. The van der Waals surface area contributed by atoms with Crippen molar-refractivity contribution in [2.75, 3.05) is 0 Å². The van der Waals surface area contributed by atoms with Gasteiger partial charge in [0.2, 0.25) is 0 Å². The van der Waals surface area contributed by atoms with Crippen LogP contribution in [0.2, 0.25) is 0 Å². The second kappa shape index (κ2) is 8.05. The zero-order valence-corrected chi connectivity index (χ0v) is 14.4. The summed E-state index contributed by atoms with van der Waals surface area (Å²) >= 11 is 0. The van der Waals surface area contributed by atoms with E-state index in [1.54, 1.807) is 19.2 Å². The monoisotopic (exact) mass is 364 g/mol. The van der Waals surface area contributed by atoms with Gasteiger partial charge in [-0.1, -0.05) is 6.07 Å². The molecule has 0 bridgehead atoms. The predicted molar refractivity (Wildman–Crippen MR) is 101 cm³/mol. The number of aromatic nitrogens is 1. The van der Waals surface area contributed by atoms with Gasteiger partial charge in [0.15, 0.2) is 6.10 Å². The topological polar surface area (TPSA) is 107 Å². The summed E-state index contributed by atoms with van der Waals surface area (Å²) in [6.45, 7) is 1.62. The molecule has 3 rings (SSSR count). The van der Waals surface area contributed by atoms with Crippen molar-refractivity contribution in [2.24, 2.45) is 5.10 Å². The second-order valence-corrected chi connectivity index (χ2v) is 5.70. The first-order valence-corrected chi connectivity index (χ1v) is 8.12. The highest BCUT2D eigenvalue weighted by Crippen LogP contribution is 2.20. The maximum atomic E-state index is 12.1. The normalized spacial score (nSPS) is 12.0. The number of amides is 1. The molecule has 136 valence electrons. The van der Waals surface area contributed by atoms with E-state index >= 15 is 0 Å². The second-order valence-electron chi connectivity index (χ2n) is 5.70. The first-order chi connectivity index (χ1) is 13.0. The first-order valence-electron chi connectivity index (χ1n) is 8.12. The van der Waals surface area contributed by atoms with Crippen LogP contribution in [0.25, 0.3) is 10.9 Å². The summed E-state index contributed by atoms with van der Waals surface area (Å²) in [4.78, 5) is 26.5. The molecule has 3 aromatic rings. The standard InChI is InChI=1S/C19H16N4O4/c1-13(27-17-8-9-18-15(11-17)3-2-10-20-18)19(24)22-21-12-14-4-6-16(7-5-14)23(25)26/h2-13H,1H3,(H,22,24)/b21-12+. The Bertz CT molecular complexity index is 1000. The lowest BCUT2D eigenvalue weighted by Crippen LogP contribution is -2.33. The predicted octanol–water partition coefficient (Wildman–Crippen LogP) is 3.06. The van der Waals surface area contributed by atoms with E-state index in [1.165, 1.54) is 30.5 Å². The van der Waals surface area contributed by atoms with Crippen molar-refractivity contribution in [3.8, 4) is 5.75 Å². The Morgan fingerprint density at radius 2 is 2.04 bits per heavy atom. The Hall–Kier alpha value is -3.81. The zero-order chi connectivity index (χ0) is 19.2. The molecule has 2 aromatic carbocycles. The van der Waals surface area contributed by atoms with Crippen LogP contribution in [0.4, 0.5) is 5.69 Å². The van der Waals surface area contributed by atoms with Crippen LogP contribution in [0.3, 0.4) is 0 Å². The van der Waals surface area contributed by atoms with Crippen molar-refractivity contribution >= 4 is 28.7 Å². The van der Waals surface area contributed by atoms with Crippen molar-refractivity contribution in [3.05, 3.63) is 76.5 Å². The lowest BCUT2D eigenvalue weighted by Gasteiger charge is -2.13. The third-order valence-corrected chi connectivity index (χ3v) is 3.75. The van der Waals surface area contributed by atoms with Crippen molar-refractivity contribution in [1.29, 1.82) is 0 Å². The lowest BCUT2D eigenvalue weighted by molar-refractivity contribution is -0.384. The summed E-state index contributed by atoms with van der Waals surface area (Å²) in [5.74, 6) is 0.136. The molecule has 0 aliphatic heterocycles. The third kappa shape index (κ3) is 4.63. The highest BCUT2D eigenvalue weighted by molar-refractivity contribution is 5.85. The molecule has 27 heavy (non-hydrogen) atoms. The van der Waals surface area contributed by atoms with E-state index in [0.717, 1.165) is 10.9 Å². The van der Waals surface area contributed by atoms with E-state index in [4.69, 9.17) is 4.74 Å². The number of nitro groups is 1. The average molecular weight is 364 g/mol. The fourth-order valence-electron chi connectivity index (χ4n) is 2.33. The Morgan fingerprint density at radius 3 is 2.78 bits per heavy atom. The summed E-state index contributed by atoms with van der Waals surface area (Å²) in [5, 5.41) is 15.4. The summed E-state index contributed by atoms with van der Waals surface area (Å²) in [6, 6.07) is 14.9. The number of hydrogen-bond acceptors (Lipinski definition) is 6. The smallest absolute Gasteiger partial charge is 0.280 e. The molecule has 1 unspecified atom stereocenters. The van der Waals surface area contributed by atoms with Gasteiger partial charge >= 0.3 is 0 Å². The number of carbonyl (C=O) groups excluding carboxylic acids is 1.